The van der Waals surface area contributed by atoms with Crippen molar-refractivity contribution in [3.05, 3.63) is 54.1 Å². The molecule has 0 heterocycles. The molecule has 0 bridgehead atoms. The standard InChI is InChI=1S/C17H18N2O2/c1-2-20-16-9-5-15(6-10-16)19-13-14-3-7-17(8-4-14)21-12-11-18/h3-10,19H,2,12-13H2,1H3. The lowest BCUT2D eigenvalue weighted by molar-refractivity contribution is 0.340. The minimum absolute atomic E-state index is 0.0732. The lowest BCUT2D eigenvalue weighted by atomic mass is 10.2. The summed E-state index contributed by atoms with van der Waals surface area (Å²) in [6.07, 6.45) is 0. The van der Waals surface area contributed by atoms with Gasteiger partial charge in [0.2, 0.25) is 0 Å². The van der Waals surface area contributed by atoms with Gasteiger partial charge in [-0.1, -0.05) is 12.1 Å². The Morgan fingerprint density at radius 2 is 1.57 bits per heavy atom. The van der Waals surface area contributed by atoms with Crippen LogP contribution in [0.1, 0.15) is 12.5 Å². The molecule has 0 aromatic heterocycles. The van der Waals surface area contributed by atoms with Crippen LogP contribution in [0, 0.1) is 11.3 Å². The zero-order chi connectivity index (χ0) is 14.9. The molecule has 108 valence electrons. The number of benzene rings is 2. The first-order valence-electron chi connectivity index (χ1n) is 6.87. The highest BCUT2D eigenvalue weighted by Gasteiger charge is 1.97. The third-order valence-electron chi connectivity index (χ3n) is 2.89. The fourth-order valence-corrected chi connectivity index (χ4v) is 1.86. The van der Waals surface area contributed by atoms with E-state index in [9.17, 15) is 0 Å². The molecule has 2 aromatic carbocycles. The first kappa shape index (κ1) is 14.7. The summed E-state index contributed by atoms with van der Waals surface area (Å²) in [6, 6.07) is 17.5. The van der Waals surface area contributed by atoms with E-state index in [1.165, 1.54) is 0 Å². The Balaban J connectivity index is 1.86. The maximum Gasteiger partial charge on any atom is 0.174 e. The highest BCUT2D eigenvalue weighted by atomic mass is 16.5. The van der Waals surface area contributed by atoms with E-state index < -0.39 is 0 Å². The van der Waals surface area contributed by atoms with E-state index in [2.05, 4.69) is 5.32 Å². The summed E-state index contributed by atoms with van der Waals surface area (Å²) in [6.45, 7) is 3.44. The summed E-state index contributed by atoms with van der Waals surface area (Å²) in [5, 5.41) is 11.8. The molecule has 1 N–H and O–H groups in total. The van der Waals surface area contributed by atoms with Gasteiger partial charge in [-0.15, -0.1) is 0 Å². The van der Waals surface area contributed by atoms with Crippen LogP contribution in [0.4, 0.5) is 5.69 Å². The van der Waals surface area contributed by atoms with Crippen molar-refractivity contribution in [3.8, 4) is 17.6 Å². The quantitative estimate of drug-likeness (QED) is 0.843. The average molecular weight is 282 g/mol. The second-order valence-corrected chi connectivity index (χ2v) is 4.40. The number of nitrogens with zero attached hydrogens (tertiary/aromatic N) is 1. The normalized spacial score (nSPS) is 9.71. The average Bonchev–Trinajstić information content (AvgIpc) is 2.53. The van der Waals surface area contributed by atoms with Crippen molar-refractivity contribution in [2.75, 3.05) is 18.5 Å². The Labute approximate surface area is 124 Å². The van der Waals surface area contributed by atoms with E-state index in [0.717, 1.165) is 23.5 Å². The van der Waals surface area contributed by atoms with Crippen LogP contribution < -0.4 is 14.8 Å². The van der Waals surface area contributed by atoms with Crippen molar-refractivity contribution in [1.82, 2.24) is 0 Å². The van der Waals surface area contributed by atoms with Gasteiger partial charge in [0, 0.05) is 12.2 Å². The highest BCUT2D eigenvalue weighted by molar-refractivity contribution is 5.47. The van der Waals surface area contributed by atoms with Gasteiger partial charge in [-0.3, -0.25) is 0 Å². The van der Waals surface area contributed by atoms with Crippen molar-refractivity contribution >= 4 is 5.69 Å². The van der Waals surface area contributed by atoms with Crippen molar-refractivity contribution in [2.45, 2.75) is 13.5 Å². The summed E-state index contributed by atoms with van der Waals surface area (Å²) in [5.74, 6) is 1.59. The Morgan fingerprint density at radius 3 is 2.19 bits per heavy atom. The maximum atomic E-state index is 8.45. The van der Waals surface area contributed by atoms with Crippen LogP contribution in [-0.2, 0) is 6.54 Å². The molecule has 0 radical (unpaired) electrons. The third-order valence-corrected chi connectivity index (χ3v) is 2.89. The van der Waals surface area contributed by atoms with Gasteiger partial charge in [0.05, 0.1) is 6.61 Å². The van der Waals surface area contributed by atoms with Gasteiger partial charge >= 0.3 is 0 Å². The van der Waals surface area contributed by atoms with Gasteiger partial charge in [-0.2, -0.15) is 5.26 Å². The number of hydrogen-bond donors (Lipinski definition) is 1. The lowest BCUT2D eigenvalue weighted by Crippen LogP contribution is -2.00. The van der Waals surface area contributed by atoms with Gasteiger partial charge in [-0.05, 0) is 48.9 Å². The first-order chi connectivity index (χ1) is 10.3. The van der Waals surface area contributed by atoms with Crippen molar-refractivity contribution in [2.24, 2.45) is 0 Å². The maximum absolute atomic E-state index is 8.45. The van der Waals surface area contributed by atoms with Crippen LogP contribution in [0.5, 0.6) is 11.5 Å². The SMILES string of the molecule is CCOc1ccc(NCc2ccc(OCC#N)cc2)cc1. The van der Waals surface area contributed by atoms with E-state index in [1.807, 2.05) is 61.5 Å². The van der Waals surface area contributed by atoms with E-state index in [4.69, 9.17) is 14.7 Å². The molecule has 2 rings (SSSR count). The van der Waals surface area contributed by atoms with Gasteiger partial charge in [0.1, 0.15) is 17.6 Å². The van der Waals surface area contributed by atoms with E-state index >= 15 is 0 Å². The fraction of sp³-hybridized carbons (Fsp3) is 0.235. The molecule has 4 nitrogen and oxygen atoms in total. The van der Waals surface area contributed by atoms with Crippen LogP contribution in [0.3, 0.4) is 0 Å². The summed E-state index contributed by atoms with van der Waals surface area (Å²) < 4.78 is 10.6. The van der Waals surface area contributed by atoms with Crippen molar-refractivity contribution < 1.29 is 9.47 Å². The second-order valence-electron chi connectivity index (χ2n) is 4.40. The van der Waals surface area contributed by atoms with E-state index in [-0.39, 0.29) is 6.61 Å². The zero-order valence-corrected chi connectivity index (χ0v) is 12.0. The molecule has 0 aliphatic heterocycles. The number of nitrogens with one attached hydrogen (secondary N) is 1. The Hall–Kier alpha value is -2.67. The number of ether oxygens (including phenoxy) is 2. The minimum atomic E-state index is 0.0732. The van der Waals surface area contributed by atoms with Crippen LogP contribution >= 0.6 is 0 Å². The van der Waals surface area contributed by atoms with Crippen molar-refractivity contribution in [1.29, 1.82) is 5.26 Å². The molecule has 0 amide bonds. The first-order valence-corrected chi connectivity index (χ1v) is 6.87. The molecule has 21 heavy (non-hydrogen) atoms. The molecular formula is C17H18N2O2. The molecule has 0 saturated carbocycles. The van der Waals surface area contributed by atoms with Gasteiger partial charge in [0.25, 0.3) is 0 Å². The number of nitriles is 1. The predicted octanol–water partition coefficient (Wildman–Crippen LogP) is 3.60. The minimum Gasteiger partial charge on any atom is -0.494 e. The van der Waals surface area contributed by atoms with Gasteiger partial charge in [-0.25, -0.2) is 0 Å². The smallest absolute Gasteiger partial charge is 0.174 e. The molecule has 0 aliphatic carbocycles. The van der Waals surface area contributed by atoms with Crippen LogP contribution in [0.25, 0.3) is 0 Å². The fourth-order valence-electron chi connectivity index (χ4n) is 1.86. The molecule has 0 saturated heterocycles. The second kappa shape index (κ2) is 7.81. The van der Waals surface area contributed by atoms with E-state index in [0.29, 0.717) is 12.4 Å². The Bertz CT molecular complexity index is 586. The van der Waals surface area contributed by atoms with Gasteiger partial charge in [0.15, 0.2) is 6.61 Å². The Kier molecular flexibility index (Phi) is 5.48. The highest BCUT2D eigenvalue weighted by Crippen LogP contribution is 2.17. The van der Waals surface area contributed by atoms with Crippen LogP contribution in [0.15, 0.2) is 48.5 Å². The van der Waals surface area contributed by atoms with Gasteiger partial charge < -0.3 is 14.8 Å². The third kappa shape index (κ3) is 4.73. The summed E-state index contributed by atoms with van der Waals surface area (Å²) in [7, 11) is 0. The van der Waals surface area contributed by atoms with Crippen LogP contribution in [-0.4, -0.2) is 13.2 Å². The molecule has 0 spiro atoms. The summed E-state index contributed by atoms with van der Waals surface area (Å²) >= 11 is 0. The molecule has 0 aliphatic rings. The molecular weight excluding hydrogens is 264 g/mol. The largest absolute Gasteiger partial charge is 0.494 e. The number of anilines is 1. The number of hydrogen-bond acceptors (Lipinski definition) is 4. The van der Waals surface area contributed by atoms with Crippen molar-refractivity contribution in [3.63, 3.8) is 0 Å². The summed E-state index contributed by atoms with van der Waals surface area (Å²) in [4.78, 5) is 0. The molecule has 0 unspecified atom stereocenters. The zero-order valence-electron chi connectivity index (χ0n) is 12.0. The number of rotatable bonds is 7. The lowest BCUT2D eigenvalue weighted by Gasteiger charge is -2.09. The van der Waals surface area contributed by atoms with E-state index in [1.54, 1.807) is 0 Å². The molecule has 2 aromatic rings. The molecule has 0 fully saturated rings. The van der Waals surface area contributed by atoms with Crippen LogP contribution in [0.2, 0.25) is 0 Å². The predicted molar refractivity (Wildman–Crippen MR) is 82.5 cm³/mol. The Morgan fingerprint density at radius 1 is 0.952 bits per heavy atom. The summed E-state index contributed by atoms with van der Waals surface area (Å²) in [5.41, 5.74) is 2.19. The topological polar surface area (TPSA) is 54.3 Å². The molecule has 0 atom stereocenters. The monoisotopic (exact) mass is 282 g/mol. The molecule has 4 heteroatoms.